The van der Waals surface area contributed by atoms with Crippen molar-refractivity contribution in [2.24, 2.45) is 11.3 Å². The first-order valence-corrected chi connectivity index (χ1v) is 7.09. The standard InChI is InChI=1S/C16H16N2O/c19-13-7-16(5-6-16)14(13)15-11-4-2-1-3-10(11)12-8-17-9-18(12)15/h1-4,8-9,13-15,19H,5-7H2/t13-,14?,15-/m0/s1. The number of rotatable bonds is 1. The minimum Gasteiger partial charge on any atom is -0.393 e. The lowest BCUT2D eigenvalue weighted by atomic mass is 9.63. The Bertz CT molecular complexity index is 671. The topological polar surface area (TPSA) is 38.1 Å². The van der Waals surface area contributed by atoms with Crippen LogP contribution in [0, 0.1) is 11.3 Å². The van der Waals surface area contributed by atoms with Gasteiger partial charge in [-0.3, -0.25) is 0 Å². The van der Waals surface area contributed by atoms with Crippen molar-refractivity contribution in [3.05, 3.63) is 42.4 Å². The summed E-state index contributed by atoms with van der Waals surface area (Å²) in [6.07, 6.45) is 7.31. The summed E-state index contributed by atoms with van der Waals surface area (Å²) >= 11 is 0. The van der Waals surface area contributed by atoms with Gasteiger partial charge in [0.15, 0.2) is 0 Å². The first-order valence-electron chi connectivity index (χ1n) is 7.09. The van der Waals surface area contributed by atoms with Crippen LogP contribution in [0.15, 0.2) is 36.8 Å². The summed E-state index contributed by atoms with van der Waals surface area (Å²) in [4.78, 5) is 4.31. The predicted octanol–water partition coefficient (Wildman–Crippen LogP) is 2.61. The van der Waals surface area contributed by atoms with Crippen molar-refractivity contribution >= 4 is 0 Å². The van der Waals surface area contributed by atoms with E-state index < -0.39 is 0 Å². The maximum Gasteiger partial charge on any atom is 0.0956 e. The van der Waals surface area contributed by atoms with Crippen LogP contribution >= 0.6 is 0 Å². The van der Waals surface area contributed by atoms with Crippen LogP contribution in [0.5, 0.6) is 0 Å². The minimum atomic E-state index is -0.145. The van der Waals surface area contributed by atoms with Crippen molar-refractivity contribution in [2.45, 2.75) is 31.4 Å². The zero-order chi connectivity index (χ0) is 12.6. The Balaban J connectivity index is 1.71. The molecule has 1 aromatic heterocycles. The summed E-state index contributed by atoms with van der Waals surface area (Å²) in [6, 6.07) is 8.88. The van der Waals surface area contributed by atoms with Crippen LogP contribution in [0.25, 0.3) is 11.3 Å². The summed E-state index contributed by atoms with van der Waals surface area (Å²) < 4.78 is 2.28. The van der Waals surface area contributed by atoms with E-state index in [-0.39, 0.29) is 6.10 Å². The molecule has 1 N–H and O–H groups in total. The van der Waals surface area contributed by atoms with Gasteiger partial charge in [0.05, 0.1) is 30.4 Å². The lowest BCUT2D eigenvalue weighted by Gasteiger charge is -2.46. The molecule has 1 aliphatic heterocycles. The van der Waals surface area contributed by atoms with E-state index in [1.54, 1.807) is 0 Å². The van der Waals surface area contributed by atoms with Crippen LogP contribution < -0.4 is 0 Å². The van der Waals surface area contributed by atoms with Gasteiger partial charge in [0.25, 0.3) is 0 Å². The quantitative estimate of drug-likeness (QED) is 0.847. The molecule has 19 heavy (non-hydrogen) atoms. The average molecular weight is 252 g/mol. The fourth-order valence-electron chi connectivity index (χ4n) is 4.41. The summed E-state index contributed by atoms with van der Waals surface area (Å²) in [6.45, 7) is 0. The van der Waals surface area contributed by atoms with Crippen molar-refractivity contribution in [1.82, 2.24) is 9.55 Å². The van der Waals surface area contributed by atoms with Gasteiger partial charge in [0.1, 0.15) is 0 Å². The molecule has 96 valence electrons. The number of hydrogen-bond donors (Lipinski definition) is 1. The summed E-state index contributed by atoms with van der Waals surface area (Å²) in [7, 11) is 0. The van der Waals surface area contributed by atoms with E-state index >= 15 is 0 Å². The van der Waals surface area contributed by atoms with E-state index in [1.165, 1.54) is 29.7 Å². The SMILES string of the molecule is O[C@H]1CC2(CC2)C1[C@@H]1c2ccccc2-c2cncn21. The zero-order valence-electron chi connectivity index (χ0n) is 10.7. The van der Waals surface area contributed by atoms with E-state index in [0.717, 1.165) is 6.42 Å². The highest BCUT2D eigenvalue weighted by Gasteiger charge is 2.64. The summed E-state index contributed by atoms with van der Waals surface area (Å²) in [5.41, 5.74) is 4.30. The van der Waals surface area contributed by atoms with Crippen LogP contribution in [-0.4, -0.2) is 20.8 Å². The average Bonchev–Trinajstić information content (AvgIpc) is 2.97. The minimum absolute atomic E-state index is 0.145. The molecule has 0 bridgehead atoms. The summed E-state index contributed by atoms with van der Waals surface area (Å²) in [5.74, 6) is 0.379. The number of benzene rings is 1. The van der Waals surface area contributed by atoms with Gasteiger partial charge >= 0.3 is 0 Å². The van der Waals surface area contributed by atoms with Gasteiger partial charge in [-0.2, -0.15) is 0 Å². The monoisotopic (exact) mass is 252 g/mol. The molecule has 2 heterocycles. The maximum atomic E-state index is 10.3. The Morgan fingerprint density at radius 2 is 2.11 bits per heavy atom. The van der Waals surface area contributed by atoms with Crippen LogP contribution in [0.2, 0.25) is 0 Å². The lowest BCUT2D eigenvalue weighted by Crippen LogP contribution is -2.47. The van der Waals surface area contributed by atoms with Gasteiger partial charge in [0, 0.05) is 11.5 Å². The second-order valence-corrected chi connectivity index (χ2v) is 6.38. The molecule has 1 aromatic carbocycles. The molecule has 2 fully saturated rings. The molecule has 0 amide bonds. The molecular weight excluding hydrogens is 236 g/mol. The maximum absolute atomic E-state index is 10.3. The first-order chi connectivity index (χ1) is 9.30. The van der Waals surface area contributed by atoms with Crippen LogP contribution in [0.1, 0.15) is 30.9 Å². The van der Waals surface area contributed by atoms with Crippen LogP contribution in [-0.2, 0) is 0 Å². The Labute approximate surface area is 111 Å². The van der Waals surface area contributed by atoms with Gasteiger partial charge in [-0.15, -0.1) is 0 Å². The number of fused-ring (bicyclic) bond motifs is 3. The molecule has 2 aliphatic carbocycles. The lowest BCUT2D eigenvalue weighted by molar-refractivity contribution is -0.0677. The molecule has 3 atom stereocenters. The molecular formula is C16H16N2O. The van der Waals surface area contributed by atoms with Gasteiger partial charge in [-0.05, 0) is 30.2 Å². The Kier molecular flexibility index (Phi) is 1.67. The number of aromatic nitrogens is 2. The van der Waals surface area contributed by atoms with Crippen molar-refractivity contribution in [3.63, 3.8) is 0 Å². The molecule has 0 radical (unpaired) electrons. The molecule has 2 saturated carbocycles. The van der Waals surface area contributed by atoms with E-state index in [9.17, 15) is 5.11 Å². The van der Waals surface area contributed by atoms with Crippen molar-refractivity contribution in [3.8, 4) is 11.3 Å². The fraction of sp³-hybridized carbons (Fsp3) is 0.438. The third-order valence-corrected chi connectivity index (χ3v) is 5.49. The number of hydrogen-bond acceptors (Lipinski definition) is 2. The second-order valence-electron chi connectivity index (χ2n) is 6.38. The highest BCUT2D eigenvalue weighted by Crippen LogP contribution is 2.69. The number of aliphatic hydroxyl groups is 1. The third kappa shape index (κ3) is 1.11. The van der Waals surface area contributed by atoms with Crippen LogP contribution in [0.3, 0.4) is 0 Å². The van der Waals surface area contributed by atoms with Crippen molar-refractivity contribution in [2.75, 3.05) is 0 Å². The van der Waals surface area contributed by atoms with Crippen molar-refractivity contribution in [1.29, 1.82) is 0 Å². The van der Waals surface area contributed by atoms with Gasteiger partial charge in [0.2, 0.25) is 0 Å². The third-order valence-electron chi connectivity index (χ3n) is 5.49. The van der Waals surface area contributed by atoms with Gasteiger partial charge < -0.3 is 9.67 Å². The smallest absolute Gasteiger partial charge is 0.0956 e. The molecule has 1 unspecified atom stereocenters. The highest BCUT2D eigenvalue weighted by molar-refractivity contribution is 5.69. The fourth-order valence-corrected chi connectivity index (χ4v) is 4.41. The van der Waals surface area contributed by atoms with E-state index in [4.69, 9.17) is 0 Å². The molecule has 3 heteroatoms. The summed E-state index contributed by atoms with van der Waals surface area (Å²) in [5, 5.41) is 10.3. The van der Waals surface area contributed by atoms with E-state index in [0.29, 0.717) is 17.4 Å². The highest BCUT2D eigenvalue weighted by atomic mass is 16.3. The van der Waals surface area contributed by atoms with E-state index in [1.807, 2.05) is 12.5 Å². The van der Waals surface area contributed by atoms with Crippen molar-refractivity contribution < 1.29 is 5.11 Å². The Hall–Kier alpha value is -1.61. The number of imidazole rings is 1. The zero-order valence-corrected chi connectivity index (χ0v) is 10.7. The van der Waals surface area contributed by atoms with Crippen LogP contribution in [0.4, 0.5) is 0 Å². The number of nitrogens with zero attached hydrogens (tertiary/aromatic N) is 2. The Morgan fingerprint density at radius 1 is 1.26 bits per heavy atom. The molecule has 2 aromatic rings. The molecule has 5 rings (SSSR count). The normalized spacial score (nSPS) is 32.8. The number of aliphatic hydroxyl groups excluding tert-OH is 1. The predicted molar refractivity (Wildman–Crippen MR) is 71.6 cm³/mol. The largest absolute Gasteiger partial charge is 0.393 e. The molecule has 3 nitrogen and oxygen atoms in total. The molecule has 3 aliphatic rings. The Morgan fingerprint density at radius 3 is 2.89 bits per heavy atom. The van der Waals surface area contributed by atoms with E-state index in [2.05, 4.69) is 33.8 Å². The molecule has 1 spiro atoms. The molecule has 0 saturated heterocycles. The van der Waals surface area contributed by atoms with Gasteiger partial charge in [-0.25, -0.2) is 4.98 Å². The first kappa shape index (κ1) is 10.2. The van der Waals surface area contributed by atoms with Gasteiger partial charge in [-0.1, -0.05) is 24.3 Å². The second kappa shape index (κ2) is 3.10.